The van der Waals surface area contributed by atoms with Gasteiger partial charge in [-0.3, -0.25) is 0 Å². The fourth-order valence-corrected chi connectivity index (χ4v) is 2.00. The van der Waals surface area contributed by atoms with Crippen LogP contribution in [0.3, 0.4) is 0 Å². The molecule has 0 radical (unpaired) electrons. The highest BCUT2D eigenvalue weighted by Gasteiger charge is 1.97. The van der Waals surface area contributed by atoms with E-state index in [0.717, 1.165) is 13.1 Å². The highest BCUT2D eigenvalue weighted by Crippen LogP contribution is 1.94. The second-order valence-electron chi connectivity index (χ2n) is 4.53. The summed E-state index contributed by atoms with van der Waals surface area (Å²) in [7, 11) is 0. The van der Waals surface area contributed by atoms with Crippen molar-refractivity contribution >= 4 is 0 Å². The molecule has 94 valence electrons. The topological polar surface area (TPSA) is 33.2 Å². The predicted octanol–water partition coefficient (Wildman–Crippen LogP) is 0.514. The second-order valence-corrected chi connectivity index (χ2v) is 4.53. The predicted molar refractivity (Wildman–Crippen MR) is 73.9 cm³/mol. The highest BCUT2D eigenvalue weighted by molar-refractivity contribution is 5.13. The Morgan fingerprint density at radius 3 is 1.33 bits per heavy atom. The molecule has 0 saturated carbocycles. The molecule has 0 amide bonds. The second kappa shape index (κ2) is 7.64. The lowest BCUT2D eigenvalue weighted by Gasteiger charge is -2.02. The van der Waals surface area contributed by atoms with Crippen LogP contribution in [0.4, 0.5) is 0 Å². The fraction of sp³-hybridized carbons (Fsp3) is 0.250. The van der Waals surface area contributed by atoms with E-state index in [2.05, 4.69) is 71.3 Å². The van der Waals surface area contributed by atoms with E-state index in [1.54, 1.807) is 0 Å². The van der Waals surface area contributed by atoms with Crippen molar-refractivity contribution in [2.45, 2.75) is 13.1 Å². The Balaban J connectivity index is 1.54. The van der Waals surface area contributed by atoms with Gasteiger partial charge in [0.05, 0.1) is 0 Å². The van der Waals surface area contributed by atoms with E-state index in [-0.39, 0.29) is 0 Å². The lowest BCUT2D eigenvalue weighted by Crippen LogP contribution is -2.93. The summed E-state index contributed by atoms with van der Waals surface area (Å²) in [6.45, 7) is 4.50. The number of nitrogens with two attached hydrogens (primary N) is 2. The van der Waals surface area contributed by atoms with Crippen molar-refractivity contribution in [1.82, 2.24) is 0 Å². The minimum absolute atomic E-state index is 1.08. The van der Waals surface area contributed by atoms with Crippen LogP contribution in [0, 0.1) is 0 Å². The Morgan fingerprint density at radius 2 is 0.944 bits per heavy atom. The molecule has 0 aliphatic heterocycles. The summed E-state index contributed by atoms with van der Waals surface area (Å²) in [5.41, 5.74) is 2.81. The van der Waals surface area contributed by atoms with Crippen LogP contribution in [-0.4, -0.2) is 13.1 Å². The average molecular weight is 242 g/mol. The number of rotatable bonds is 7. The zero-order chi connectivity index (χ0) is 12.5. The van der Waals surface area contributed by atoms with Crippen molar-refractivity contribution in [1.29, 1.82) is 0 Å². The van der Waals surface area contributed by atoms with Crippen molar-refractivity contribution < 1.29 is 10.6 Å². The lowest BCUT2D eigenvalue weighted by atomic mass is 10.2. The van der Waals surface area contributed by atoms with E-state index in [1.807, 2.05) is 0 Å². The third-order valence-corrected chi connectivity index (χ3v) is 3.02. The van der Waals surface area contributed by atoms with Gasteiger partial charge in [0.15, 0.2) is 0 Å². The maximum Gasteiger partial charge on any atom is 0.125 e. The van der Waals surface area contributed by atoms with Crippen LogP contribution < -0.4 is 10.6 Å². The van der Waals surface area contributed by atoms with Gasteiger partial charge in [-0.1, -0.05) is 60.7 Å². The number of benzene rings is 2. The standard InChI is InChI=1S/C16H20N2/c1-3-7-15(8-4-1)13-17-11-12-18-14-16-9-5-2-6-10-16/h1-10,17-18H,11-14H2/p+2. The summed E-state index contributed by atoms with van der Waals surface area (Å²) >= 11 is 0. The Morgan fingerprint density at radius 1 is 0.556 bits per heavy atom. The zero-order valence-electron chi connectivity index (χ0n) is 10.8. The summed E-state index contributed by atoms with van der Waals surface area (Å²) in [5.74, 6) is 0. The van der Waals surface area contributed by atoms with Gasteiger partial charge in [-0.15, -0.1) is 0 Å². The molecule has 0 aromatic heterocycles. The van der Waals surface area contributed by atoms with Crippen LogP contribution in [0.1, 0.15) is 11.1 Å². The molecule has 2 nitrogen and oxygen atoms in total. The van der Waals surface area contributed by atoms with Gasteiger partial charge >= 0.3 is 0 Å². The van der Waals surface area contributed by atoms with Crippen LogP contribution in [0.25, 0.3) is 0 Å². The largest absolute Gasteiger partial charge is 0.338 e. The van der Waals surface area contributed by atoms with Gasteiger partial charge in [0, 0.05) is 11.1 Å². The van der Waals surface area contributed by atoms with Gasteiger partial charge in [-0.25, -0.2) is 0 Å². The van der Waals surface area contributed by atoms with Gasteiger partial charge in [-0.05, 0) is 0 Å². The Bertz CT molecular complexity index is 382. The van der Waals surface area contributed by atoms with Gasteiger partial charge in [0.25, 0.3) is 0 Å². The molecule has 0 atom stereocenters. The SMILES string of the molecule is c1ccc(C[NH2+]CC[NH2+]Cc2ccccc2)cc1. The summed E-state index contributed by atoms with van der Waals surface area (Å²) in [6.07, 6.45) is 0. The maximum absolute atomic E-state index is 2.37. The maximum atomic E-state index is 2.37. The monoisotopic (exact) mass is 242 g/mol. The summed E-state index contributed by atoms with van der Waals surface area (Å²) < 4.78 is 0. The van der Waals surface area contributed by atoms with E-state index < -0.39 is 0 Å². The number of hydrogen-bond donors (Lipinski definition) is 2. The average Bonchev–Trinajstić information content (AvgIpc) is 2.45. The molecule has 2 aromatic carbocycles. The molecule has 0 spiro atoms. The van der Waals surface area contributed by atoms with Crippen LogP contribution in [0.2, 0.25) is 0 Å². The fourth-order valence-electron chi connectivity index (χ4n) is 2.00. The molecule has 0 unspecified atom stereocenters. The Kier molecular flexibility index (Phi) is 5.44. The summed E-state index contributed by atoms with van der Waals surface area (Å²) in [6, 6.07) is 21.3. The minimum atomic E-state index is 1.08. The normalized spacial score (nSPS) is 10.4. The molecule has 0 bridgehead atoms. The van der Waals surface area contributed by atoms with Gasteiger partial charge in [0.2, 0.25) is 0 Å². The highest BCUT2D eigenvalue weighted by atomic mass is 14.9. The smallest absolute Gasteiger partial charge is 0.125 e. The minimum Gasteiger partial charge on any atom is -0.338 e. The molecule has 2 aromatic rings. The first-order valence-electron chi connectivity index (χ1n) is 6.66. The van der Waals surface area contributed by atoms with Gasteiger partial charge in [0.1, 0.15) is 26.2 Å². The molecule has 2 heteroatoms. The van der Waals surface area contributed by atoms with Crippen molar-refractivity contribution in [3.63, 3.8) is 0 Å². The first-order valence-corrected chi connectivity index (χ1v) is 6.66. The Labute approximate surface area is 109 Å². The molecule has 0 saturated heterocycles. The van der Waals surface area contributed by atoms with E-state index in [0.29, 0.717) is 0 Å². The van der Waals surface area contributed by atoms with Crippen molar-refractivity contribution in [2.24, 2.45) is 0 Å². The van der Waals surface area contributed by atoms with E-state index in [4.69, 9.17) is 0 Å². The Hall–Kier alpha value is -1.64. The number of quaternary nitrogens is 2. The van der Waals surface area contributed by atoms with E-state index in [1.165, 1.54) is 24.2 Å². The van der Waals surface area contributed by atoms with Crippen LogP contribution in [-0.2, 0) is 13.1 Å². The molecular weight excluding hydrogens is 220 g/mol. The molecule has 0 heterocycles. The molecular formula is C16H22N2+2. The van der Waals surface area contributed by atoms with Crippen molar-refractivity contribution in [3.05, 3.63) is 71.8 Å². The summed E-state index contributed by atoms with van der Waals surface area (Å²) in [4.78, 5) is 0. The summed E-state index contributed by atoms with van der Waals surface area (Å²) in [5, 5.41) is 4.74. The molecule has 0 fully saturated rings. The third-order valence-electron chi connectivity index (χ3n) is 3.02. The van der Waals surface area contributed by atoms with Crippen molar-refractivity contribution in [2.75, 3.05) is 13.1 Å². The lowest BCUT2D eigenvalue weighted by molar-refractivity contribution is -0.738. The van der Waals surface area contributed by atoms with Gasteiger partial charge < -0.3 is 10.6 Å². The molecule has 0 aliphatic carbocycles. The third kappa shape index (κ3) is 4.70. The van der Waals surface area contributed by atoms with E-state index in [9.17, 15) is 0 Å². The zero-order valence-corrected chi connectivity index (χ0v) is 10.8. The van der Waals surface area contributed by atoms with Gasteiger partial charge in [-0.2, -0.15) is 0 Å². The first kappa shape index (κ1) is 12.8. The van der Waals surface area contributed by atoms with Crippen LogP contribution >= 0.6 is 0 Å². The molecule has 2 rings (SSSR count). The van der Waals surface area contributed by atoms with Crippen LogP contribution in [0.5, 0.6) is 0 Å². The van der Waals surface area contributed by atoms with Crippen molar-refractivity contribution in [3.8, 4) is 0 Å². The number of hydrogen-bond acceptors (Lipinski definition) is 0. The molecule has 0 aliphatic rings. The van der Waals surface area contributed by atoms with Crippen LogP contribution in [0.15, 0.2) is 60.7 Å². The van der Waals surface area contributed by atoms with E-state index >= 15 is 0 Å². The molecule has 18 heavy (non-hydrogen) atoms. The first-order chi connectivity index (χ1) is 8.95. The molecule has 4 N–H and O–H groups in total. The quantitative estimate of drug-likeness (QED) is 0.664.